The summed E-state index contributed by atoms with van der Waals surface area (Å²) in [4.78, 5) is 14.0. The van der Waals surface area contributed by atoms with E-state index in [1.54, 1.807) is 0 Å². The predicted octanol–water partition coefficient (Wildman–Crippen LogP) is 2.30. The van der Waals surface area contributed by atoms with Gasteiger partial charge in [-0.1, -0.05) is 29.8 Å². The minimum Gasteiger partial charge on any atom is -0.339 e. The molecule has 1 atom stereocenters. The molecule has 0 spiro atoms. The molecular formula is C15H23ClN2O. The average Bonchev–Trinajstić information content (AvgIpc) is 2.81. The van der Waals surface area contributed by atoms with E-state index >= 15 is 0 Å². The van der Waals surface area contributed by atoms with Crippen LogP contribution in [0.15, 0.2) is 24.3 Å². The first-order valence-corrected chi connectivity index (χ1v) is 6.76. The van der Waals surface area contributed by atoms with Crippen molar-refractivity contribution in [2.45, 2.75) is 38.6 Å². The summed E-state index contributed by atoms with van der Waals surface area (Å²) in [6.07, 6.45) is 3.68. The summed E-state index contributed by atoms with van der Waals surface area (Å²) in [5, 5.41) is 0. The molecule has 4 heteroatoms. The summed E-state index contributed by atoms with van der Waals surface area (Å²) in [6, 6.07) is 8.97. The number of amides is 1. The van der Waals surface area contributed by atoms with Gasteiger partial charge in [-0.3, -0.25) is 4.79 Å². The van der Waals surface area contributed by atoms with Crippen LogP contribution in [0.25, 0.3) is 0 Å². The summed E-state index contributed by atoms with van der Waals surface area (Å²) >= 11 is 0. The second-order valence-corrected chi connectivity index (χ2v) is 5.11. The Balaban J connectivity index is 0.00000180. The molecule has 19 heavy (non-hydrogen) atoms. The van der Waals surface area contributed by atoms with E-state index in [0.29, 0.717) is 19.0 Å². The lowest BCUT2D eigenvalue weighted by atomic mass is 10.0. The van der Waals surface area contributed by atoms with Gasteiger partial charge in [0.25, 0.3) is 0 Å². The second-order valence-electron chi connectivity index (χ2n) is 5.11. The van der Waals surface area contributed by atoms with Crippen molar-refractivity contribution in [1.82, 2.24) is 4.90 Å². The van der Waals surface area contributed by atoms with Gasteiger partial charge in [0.2, 0.25) is 5.91 Å². The summed E-state index contributed by atoms with van der Waals surface area (Å²) in [5.74, 6) is 0.215. The van der Waals surface area contributed by atoms with Crippen molar-refractivity contribution in [2.24, 2.45) is 5.73 Å². The number of hydrogen-bond acceptors (Lipinski definition) is 2. The van der Waals surface area contributed by atoms with Gasteiger partial charge in [0.15, 0.2) is 0 Å². The minimum atomic E-state index is 0. The van der Waals surface area contributed by atoms with Gasteiger partial charge in [-0.25, -0.2) is 0 Å². The third kappa shape index (κ3) is 4.22. The average molecular weight is 283 g/mol. The van der Waals surface area contributed by atoms with Crippen LogP contribution < -0.4 is 5.73 Å². The Morgan fingerprint density at radius 3 is 2.68 bits per heavy atom. The fourth-order valence-corrected chi connectivity index (χ4v) is 2.64. The van der Waals surface area contributed by atoms with Gasteiger partial charge in [-0.15, -0.1) is 12.4 Å². The number of nitrogens with zero attached hydrogens (tertiary/aromatic N) is 1. The number of benzene rings is 1. The minimum absolute atomic E-state index is 0. The van der Waals surface area contributed by atoms with Crippen molar-refractivity contribution in [3.8, 4) is 0 Å². The Kier molecular flexibility index (Phi) is 6.32. The lowest BCUT2D eigenvalue weighted by molar-refractivity contribution is -0.131. The first kappa shape index (κ1) is 16.0. The summed E-state index contributed by atoms with van der Waals surface area (Å²) in [7, 11) is 0. The molecule has 1 aromatic rings. The number of aryl methyl sites for hydroxylation is 1. The molecule has 1 amide bonds. The summed E-state index contributed by atoms with van der Waals surface area (Å²) < 4.78 is 0. The first-order chi connectivity index (χ1) is 8.70. The third-order valence-electron chi connectivity index (χ3n) is 3.65. The van der Waals surface area contributed by atoms with Crippen molar-refractivity contribution in [2.75, 3.05) is 13.1 Å². The van der Waals surface area contributed by atoms with Crippen molar-refractivity contribution in [3.05, 3.63) is 35.4 Å². The van der Waals surface area contributed by atoms with Gasteiger partial charge >= 0.3 is 0 Å². The van der Waals surface area contributed by atoms with Crippen LogP contribution in [0.3, 0.4) is 0 Å². The monoisotopic (exact) mass is 282 g/mol. The Morgan fingerprint density at radius 1 is 1.37 bits per heavy atom. The number of rotatable bonds is 4. The van der Waals surface area contributed by atoms with Crippen molar-refractivity contribution >= 4 is 18.3 Å². The zero-order valence-corrected chi connectivity index (χ0v) is 12.3. The van der Waals surface area contributed by atoms with E-state index in [9.17, 15) is 4.79 Å². The van der Waals surface area contributed by atoms with E-state index in [0.717, 1.165) is 25.8 Å². The molecule has 1 aliphatic heterocycles. The van der Waals surface area contributed by atoms with Crippen LogP contribution in [0.2, 0.25) is 0 Å². The maximum absolute atomic E-state index is 11.9. The van der Waals surface area contributed by atoms with Crippen LogP contribution in [0.1, 0.15) is 30.4 Å². The van der Waals surface area contributed by atoms with Crippen LogP contribution in [0.4, 0.5) is 0 Å². The standard InChI is InChI=1S/C15H22N2O.ClH/c1-12-4-6-13(7-5-12)11-14-3-2-10-17(14)15(18)8-9-16;/h4-7,14H,2-3,8-11,16H2,1H3;1H. The van der Waals surface area contributed by atoms with Crippen LogP contribution in [-0.4, -0.2) is 29.9 Å². The smallest absolute Gasteiger partial charge is 0.224 e. The van der Waals surface area contributed by atoms with Crippen molar-refractivity contribution < 1.29 is 4.79 Å². The number of nitrogens with two attached hydrogens (primary N) is 1. The lowest BCUT2D eigenvalue weighted by Gasteiger charge is -2.24. The van der Waals surface area contributed by atoms with E-state index in [1.165, 1.54) is 11.1 Å². The SMILES string of the molecule is Cc1ccc(CC2CCCN2C(=O)CCN)cc1.Cl. The molecule has 0 saturated carbocycles. The number of hydrogen-bond donors (Lipinski definition) is 1. The van der Waals surface area contributed by atoms with Crippen LogP contribution in [0, 0.1) is 6.92 Å². The molecule has 0 aromatic heterocycles. The third-order valence-corrected chi connectivity index (χ3v) is 3.65. The molecule has 1 aliphatic rings. The van der Waals surface area contributed by atoms with Crippen LogP contribution in [0.5, 0.6) is 0 Å². The molecule has 0 bridgehead atoms. The summed E-state index contributed by atoms with van der Waals surface area (Å²) in [6.45, 7) is 3.44. The zero-order valence-electron chi connectivity index (χ0n) is 11.5. The fraction of sp³-hybridized carbons (Fsp3) is 0.533. The van der Waals surface area contributed by atoms with Gasteiger partial charge in [0.05, 0.1) is 0 Å². The Labute approximate surface area is 121 Å². The highest BCUT2D eigenvalue weighted by Gasteiger charge is 2.27. The highest BCUT2D eigenvalue weighted by atomic mass is 35.5. The van der Waals surface area contributed by atoms with Crippen molar-refractivity contribution in [3.63, 3.8) is 0 Å². The molecule has 1 heterocycles. The highest BCUT2D eigenvalue weighted by Crippen LogP contribution is 2.22. The van der Waals surface area contributed by atoms with E-state index in [1.807, 2.05) is 4.90 Å². The van der Waals surface area contributed by atoms with Gasteiger partial charge in [0.1, 0.15) is 0 Å². The Bertz CT molecular complexity index is 405. The van der Waals surface area contributed by atoms with E-state index in [4.69, 9.17) is 5.73 Å². The molecule has 0 radical (unpaired) electrons. The molecule has 3 nitrogen and oxygen atoms in total. The molecule has 106 valence electrons. The largest absolute Gasteiger partial charge is 0.339 e. The maximum atomic E-state index is 11.9. The topological polar surface area (TPSA) is 46.3 Å². The Hall–Kier alpha value is -1.06. The van der Waals surface area contributed by atoms with Gasteiger partial charge in [-0.05, 0) is 31.7 Å². The molecule has 2 rings (SSSR count). The fourth-order valence-electron chi connectivity index (χ4n) is 2.64. The lowest BCUT2D eigenvalue weighted by Crippen LogP contribution is -2.37. The van der Waals surface area contributed by atoms with E-state index in [2.05, 4.69) is 31.2 Å². The van der Waals surface area contributed by atoms with Crippen molar-refractivity contribution in [1.29, 1.82) is 0 Å². The van der Waals surface area contributed by atoms with Gasteiger partial charge < -0.3 is 10.6 Å². The predicted molar refractivity (Wildman–Crippen MR) is 80.5 cm³/mol. The molecule has 1 fully saturated rings. The summed E-state index contributed by atoms with van der Waals surface area (Å²) in [5.41, 5.74) is 8.06. The quantitative estimate of drug-likeness (QED) is 0.921. The van der Waals surface area contributed by atoms with Gasteiger partial charge in [0, 0.05) is 25.6 Å². The normalized spacial score (nSPS) is 18.2. The molecular weight excluding hydrogens is 260 g/mol. The van der Waals surface area contributed by atoms with Gasteiger partial charge in [-0.2, -0.15) is 0 Å². The Morgan fingerprint density at radius 2 is 2.05 bits per heavy atom. The number of carbonyl (C=O) groups is 1. The van der Waals surface area contributed by atoms with Crippen LogP contribution >= 0.6 is 12.4 Å². The molecule has 0 aliphatic carbocycles. The number of carbonyl (C=O) groups excluding carboxylic acids is 1. The van der Waals surface area contributed by atoms with E-state index < -0.39 is 0 Å². The first-order valence-electron chi connectivity index (χ1n) is 6.76. The molecule has 1 unspecified atom stereocenters. The number of likely N-dealkylation sites (tertiary alicyclic amines) is 1. The zero-order chi connectivity index (χ0) is 13.0. The molecule has 1 saturated heterocycles. The maximum Gasteiger partial charge on any atom is 0.224 e. The molecule has 1 aromatic carbocycles. The van der Waals surface area contributed by atoms with Crippen LogP contribution in [-0.2, 0) is 11.2 Å². The second kappa shape index (κ2) is 7.51. The number of halogens is 1. The molecule has 2 N–H and O–H groups in total. The highest BCUT2D eigenvalue weighted by molar-refractivity contribution is 5.85. The van der Waals surface area contributed by atoms with E-state index in [-0.39, 0.29) is 18.3 Å².